The fraction of sp³-hybridized carbons (Fsp3) is 0.467. The van der Waals surface area contributed by atoms with Crippen molar-refractivity contribution in [1.29, 1.82) is 0 Å². The highest BCUT2D eigenvalue weighted by Gasteiger charge is 2.27. The Bertz CT molecular complexity index is 555. The van der Waals surface area contributed by atoms with Gasteiger partial charge in [0.05, 0.1) is 33.1 Å². The van der Waals surface area contributed by atoms with Crippen molar-refractivity contribution in [2.24, 2.45) is 0 Å². The Hall–Kier alpha value is -2.24. The molecule has 1 fully saturated rings. The largest absolute Gasteiger partial charge is 0.492 e. The van der Waals surface area contributed by atoms with E-state index in [1.165, 1.54) is 14.2 Å². The van der Waals surface area contributed by atoms with E-state index in [2.05, 4.69) is 0 Å². The normalized spacial score (nSPS) is 14.2. The number of anilines is 1. The standard InChI is InChI=1S/C15H19NO5/c1-4-21-15(18)11-5-6-12(14(20-3)13(11)19-2)16-8-7-10(17)9-16/h5-6H,4,7-9H2,1-3H3. The third-order valence-electron chi connectivity index (χ3n) is 3.36. The van der Waals surface area contributed by atoms with Crippen molar-refractivity contribution < 1.29 is 23.8 Å². The zero-order valence-corrected chi connectivity index (χ0v) is 12.5. The number of carbonyl (C=O) groups is 2. The smallest absolute Gasteiger partial charge is 0.342 e. The number of Topliss-reactive ketones (excluding diaryl/α,β-unsaturated/α-hetero) is 1. The number of hydrogen-bond acceptors (Lipinski definition) is 6. The zero-order valence-electron chi connectivity index (χ0n) is 12.5. The summed E-state index contributed by atoms with van der Waals surface area (Å²) in [5.41, 5.74) is 1.05. The van der Waals surface area contributed by atoms with Gasteiger partial charge in [-0.05, 0) is 19.1 Å². The number of esters is 1. The molecule has 0 bridgehead atoms. The van der Waals surface area contributed by atoms with Crippen LogP contribution in [-0.2, 0) is 9.53 Å². The monoisotopic (exact) mass is 293 g/mol. The molecule has 0 N–H and O–H groups in total. The van der Waals surface area contributed by atoms with Gasteiger partial charge in [0.15, 0.2) is 17.3 Å². The predicted octanol–water partition coefficient (Wildman–Crippen LogP) is 1.66. The molecule has 0 unspecified atom stereocenters. The lowest BCUT2D eigenvalue weighted by atomic mass is 10.1. The Morgan fingerprint density at radius 3 is 2.48 bits per heavy atom. The Balaban J connectivity index is 2.44. The van der Waals surface area contributed by atoms with Gasteiger partial charge >= 0.3 is 5.97 Å². The quantitative estimate of drug-likeness (QED) is 0.769. The number of carbonyl (C=O) groups excluding carboxylic acids is 2. The lowest BCUT2D eigenvalue weighted by molar-refractivity contribution is -0.116. The summed E-state index contributed by atoms with van der Waals surface area (Å²) >= 11 is 0. The van der Waals surface area contributed by atoms with E-state index in [1.54, 1.807) is 19.1 Å². The maximum atomic E-state index is 12.0. The van der Waals surface area contributed by atoms with Gasteiger partial charge < -0.3 is 19.1 Å². The van der Waals surface area contributed by atoms with Crippen LogP contribution in [0.2, 0.25) is 0 Å². The number of methoxy groups -OCH3 is 2. The van der Waals surface area contributed by atoms with Gasteiger partial charge in [-0.1, -0.05) is 0 Å². The summed E-state index contributed by atoms with van der Waals surface area (Å²) in [6, 6.07) is 3.39. The fourth-order valence-corrected chi connectivity index (χ4v) is 2.41. The molecule has 0 atom stereocenters. The Labute approximate surface area is 123 Å². The molecule has 0 amide bonds. The first kappa shape index (κ1) is 15.2. The van der Waals surface area contributed by atoms with Crippen LogP contribution < -0.4 is 14.4 Å². The number of ketones is 1. The molecular formula is C15H19NO5. The van der Waals surface area contributed by atoms with E-state index >= 15 is 0 Å². The van der Waals surface area contributed by atoms with Gasteiger partial charge in [0.25, 0.3) is 0 Å². The van der Waals surface area contributed by atoms with Crippen LogP contribution in [0.1, 0.15) is 23.7 Å². The Kier molecular flexibility index (Phi) is 4.67. The number of hydrogen-bond donors (Lipinski definition) is 0. The zero-order chi connectivity index (χ0) is 15.4. The molecule has 0 aliphatic carbocycles. The maximum absolute atomic E-state index is 12.0. The third-order valence-corrected chi connectivity index (χ3v) is 3.36. The molecule has 1 aliphatic heterocycles. The molecule has 1 saturated heterocycles. The van der Waals surface area contributed by atoms with Gasteiger partial charge in [-0.25, -0.2) is 4.79 Å². The van der Waals surface area contributed by atoms with Crippen molar-refractivity contribution in [3.8, 4) is 11.5 Å². The number of nitrogens with zero attached hydrogens (tertiary/aromatic N) is 1. The summed E-state index contributed by atoms with van der Waals surface area (Å²) in [6.45, 7) is 3.01. The highest BCUT2D eigenvalue weighted by Crippen LogP contribution is 2.41. The third kappa shape index (κ3) is 2.94. The average Bonchev–Trinajstić information content (AvgIpc) is 2.92. The SMILES string of the molecule is CCOC(=O)c1ccc(N2CCC(=O)C2)c(OC)c1OC. The Morgan fingerprint density at radius 2 is 1.95 bits per heavy atom. The minimum absolute atomic E-state index is 0.186. The molecule has 1 aromatic carbocycles. The molecule has 0 saturated carbocycles. The van der Waals surface area contributed by atoms with E-state index < -0.39 is 5.97 Å². The van der Waals surface area contributed by atoms with Gasteiger partial charge in [-0.15, -0.1) is 0 Å². The molecule has 1 aromatic rings. The molecule has 114 valence electrons. The summed E-state index contributed by atoms with van der Waals surface area (Å²) in [5.74, 6) is 0.493. The second kappa shape index (κ2) is 6.47. The second-order valence-corrected chi connectivity index (χ2v) is 4.63. The van der Waals surface area contributed by atoms with Crippen LogP contribution in [0.25, 0.3) is 0 Å². The van der Waals surface area contributed by atoms with E-state index in [9.17, 15) is 9.59 Å². The highest BCUT2D eigenvalue weighted by molar-refractivity contribution is 5.96. The predicted molar refractivity (Wildman–Crippen MR) is 77.3 cm³/mol. The molecule has 6 nitrogen and oxygen atoms in total. The van der Waals surface area contributed by atoms with Crippen molar-refractivity contribution in [3.05, 3.63) is 17.7 Å². The van der Waals surface area contributed by atoms with E-state index in [1.807, 2.05) is 4.90 Å². The number of ether oxygens (including phenoxy) is 3. The topological polar surface area (TPSA) is 65.1 Å². The first-order chi connectivity index (χ1) is 10.1. The summed E-state index contributed by atoms with van der Waals surface area (Å²) in [6.07, 6.45) is 0.519. The lowest BCUT2D eigenvalue weighted by Crippen LogP contribution is -2.21. The molecule has 21 heavy (non-hydrogen) atoms. The van der Waals surface area contributed by atoms with Gasteiger partial charge in [0.2, 0.25) is 0 Å². The average molecular weight is 293 g/mol. The molecule has 1 aliphatic rings. The second-order valence-electron chi connectivity index (χ2n) is 4.63. The van der Waals surface area contributed by atoms with Crippen LogP contribution in [-0.4, -0.2) is 45.7 Å². The summed E-state index contributed by atoms with van der Waals surface area (Å²) in [4.78, 5) is 25.3. The molecule has 0 spiro atoms. The van der Waals surface area contributed by atoms with E-state index in [-0.39, 0.29) is 12.4 Å². The molecule has 2 rings (SSSR count). The minimum atomic E-state index is -0.461. The van der Waals surface area contributed by atoms with Crippen LogP contribution >= 0.6 is 0 Å². The van der Waals surface area contributed by atoms with Crippen LogP contribution in [0.15, 0.2) is 12.1 Å². The maximum Gasteiger partial charge on any atom is 0.342 e. The van der Waals surface area contributed by atoms with Crippen LogP contribution in [0.5, 0.6) is 11.5 Å². The van der Waals surface area contributed by atoms with Crippen molar-refractivity contribution in [3.63, 3.8) is 0 Å². The minimum Gasteiger partial charge on any atom is -0.492 e. The number of benzene rings is 1. The van der Waals surface area contributed by atoms with Gasteiger partial charge in [-0.2, -0.15) is 0 Å². The summed E-state index contributed by atoms with van der Waals surface area (Å²) in [7, 11) is 2.98. The van der Waals surface area contributed by atoms with Crippen LogP contribution in [0.3, 0.4) is 0 Å². The van der Waals surface area contributed by atoms with Crippen molar-refractivity contribution in [2.75, 3.05) is 38.8 Å². The molecular weight excluding hydrogens is 274 g/mol. The van der Waals surface area contributed by atoms with E-state index in [0.717, 1.165) is 5.69 Å². The first-order valence-electron chi connectivity index (χ1n) is 6.81. The molecule has 0 aromatic heterocycles. The van der Waals surface area contributed by atoms with E-state index in [4.69, 9.17) is 14.2 Å². The number of rotatable bonds is 5. The molecule has 6 heteroatoms. The fourth-order valence-electron chi connectivity index (χ4n) is 2.41. The highest BCUT2D eigenvalue weighted by atomic mass is 16.5. The molecule has 1 heterocycles. The molecule has 0 radical (unpaired) electrons. The van der Waals surface area contributed by atoms with Crippen molar-refractivity contribution >= 4 is 17.4 Å². The first-order valence-corrected chi connectivity index (χ1v) is 6.81. The summed E-state index contributed by atoms with van der Waals surface area (Å²) in [5, 5.41) is 0. The van der Waals surface area contributed by atoms with Crippen LogP contribution in [0.4, 0.5) is 5.69 Å². The van der Waals surface area contributed by atoms with Crippen molar-refractivity contribution in [1.82, 2.24) is 0 Å². The van der Waals surface area contributed by atoms with Gasteiger partial charge in [0, 0.05) is 13.0 Å². The van der Waals surface area contributed by atoms with Gasteiger partial charge in [-0.3, -0.25) is 4.79 Å². The van der Waals surface area contributed by atoms with Gasteiger partial charge in [0.1, 0.15) is 5.56 Å². The van der Waals surface area contributed by atoms with Crippen molar-refractivity contribution in [2.45, 2.75) is 13.3 Å². The van der Waals surface area contributed by atoms with Crippen LogP contribution in [0, 0.1) is 0 Å². The lowest BCUT2D eigenvalue weighted by Gasteiger charge is -2.22. The van der Waals surface area contributed by atoms with E-state index in [0.29, 0.717) is 36.6 Å². The Morgan fingerprint density at radius 1 is 1.24 bits per heavy atom. The summed E-state index contributed by atoms with van der Waals surface area (Å²) < 4.78 is 15.7.